The van der Waals surface area contributed by atoms with E-state index in [4.69, 9.17) is 17.3 Å². The summed E-state index contributed by atoms with van der Waals surface area (Å²) in [7, 11) is 0. The Balaban J connectivity index is 2.46. The monoisotopic (exact) mass is 277 g/mol. The second-order valence-electron chi connectivity index (χ2n) is 4.94. The Bertz CT molecular complexity index is 622. The second kappa shape index (κ2) is 5.32. The summed E-state index contributed by atoms with van der Waals surface area (Å²) in [5.74, 6) is -0.220. The van der Waals surface area contributed by atoms with E-state index < -0.39 is 0 Å². The van der Waals surface area contributed by atoms with E-state index in [0.717, 1.165) is 22.3 Å². The fraction of sp³-hybridized carbons (Fsp3) is 0.250. The van der Waals surface area contributed by atoms with Crippen LogP contribution in [0.5, 0.6) is 0 Å². The summed E-state index contributed by atoms with van der Waals surface area (Å²) in [5, 5.41) is 0.651. The van der Waals surface area contributed by atoms with Crippen molar-refractivity contribution in [2.75, 3.05) is 0 Å². The van der Waals surface area contributed by atoms with Crippen molar-refractivity contribution in [1.82, 2.24) is 0 Å². The van der Waals surface area contributed by atoms with E-state index in [9.17, 15) is 4.39 Å². The van der Waals surface area contributed by atoms with Gasteiger partial charge in [-0.05, 0) is 60.7 Å². The molecule has 0 aliphatic carbocycles. The lowest BCUT2D eigenvalue weighted by molar-refractivity contribution is 0.617. The number of hydrogen-bond acceptors (Lipinski definition) is 1. The van der Waals surface area contributed by atoms with Gasteiger partial charge >= 0.3 is 0 Å². The zero-order chi connectivity index (χ0) is 14.2. The van der Waals surface area contributed by atoms with Crippen LogP contribution in [-0.4, -0.2) is 0 Å². The molecule has 3 heteroatoms. The Morgan fingerprint density at radius 1 is 1.00 bits per heavy atom. The highest BCUT2D eigenvalue weighted by Gasteiger charge is 2.14. The Morgan fingerprint density at radius 3 is 2.26 bits per heavy atom. The van der Waals surface area contributed by atoms with Crippen LogP contribution in [0.2, 0.25) is 5.02 Å². The molecule has 0 spiro atoms. The highest BCUT2D eigenvalue weighted by Crippen LogP contribution is 2.29. The van der Waals surface area contributed by atoms with E-state index >= 15 is 0 Å². The van der Waals surface area contributed by atoms with Crippen LogP contribution < -0.4 is 5.73 Å². The summed E-state index contributed by atoms with van der Waals surface area (Å²) < 4.78 is 13.3. The van der Waals surface area contributed by atoms with Gasteiger partial charge in [-0.25, -0.2) is 4.39 Å². The van der Waals surface area contributed by atoms with E-state index in [-0.39, 0.29) is 11.9 Å². The average Bonchev–Trinajstić information content (AvgIpc) is 2.36. The van der Waals surface area contributed by atoms with Crippen molar-refractivity contribution < 1.29 is 4.39 Å². The van der Waals surface area contributed by atoms with Gasteiger partial charge in [0.25, 0.3) is 0 Å². The number of hydrogen-bond donors (Lipinski definition) is 1. The molecule has 1 atom stereocenters. The van der Waals surface area contributed by atoms with Gasteiger partial charge in [-0.3, -0.25) is 0 Å². The Hall–Kier alpha value is -1.38. The summed E-state index contributed by atoms with van der Waals surface area (Å²) in [6, 6.07) is 8.50. The molecule has 0 saturated heterocycles. The molecule has 1 nitrogen and oxygen atoms in total. The molecule has 0 amide bonds. The maximum Gasteiger partial charge on any atom is 0.126 e. The minimum absolute atomic E-state index is 0.220. The van der Waals surface area contributed by atoms with Gasteiger partial charge in [0.1, 0.15) is 5.82 Å². The molecule has 0 bridgehead atoms. The smallest absolute Gasteiger partial charge is 0.126 e. The molecule has 0 fully saturated rings. The minimum atomic E-state index is -0.342. The molecule has 19 heavy (non-hydrogen) atoms. The van der Waals surface area contributed by atoms with Crippen LogP contribution in [0, 0.1) is 26.6 Å². The molecule has 100 valence electrons. The summed E-state index contributed by atoms with van der Waals surface area (Å²) in [4.78, 5) is 0. The predicted molar refractivity (Wildman–Crippen MR) is 78.1 cm³/mol. The summed E-state index contributed by atoms with van der Waals surface area (Å²) >= 11 is 6.26. The Labute approximate surface area is 118 Å². The van der Waals surface area contributed by atoms with Crippen LogP contribution in [0.3, 0.4) is 0 Å². The zero-order valence-corrected chi connectivity index (χ0v) is 12.1. The molecular formula is C16H17ClFN. The van der Waals surface area contributed by atoms with Crippen molar-refractivity contribution >= 4 is 11.6 Å². The molecule has 0 aliphatic rings. The highest BCUT2D eigenvalue weighted by atomic mass is 35.5. The van der Waals surface area contributed by atoms with Gasteiger partial charge in [-0.2, -0.15) is 0 Å². The van der Waals surface area contributed by atoms with E-state index in [2.05, 4.69) is 0 Å². The molecular weight excluding hydrogens is 261 g/mol. The topological polar surface area (TPSA) is 26.0 Å². The van der Waals surface area contributed by atoms with E-state index in [1.54, 1.807) is 19.1 Å². The zero-order valence-electron chi connectivity index (χ0n) is 11.3. The molecule has 0 heterocycles. The molecule has 0 aromatic heterocycles. The van der Waals surface area contributed by atoms with Crippen molar-refractivity contribution in [2.24, 2.45) is 5.73 Å². The van der Waals surface area contributed by atoms with Crippen LogP contribution in [0.25, 0.3) is 0 Å². The predicted octanol–water partition coefficient (Wildman–Crippen LogP) is 4.45. The van der Waals surface area contributed by atoms with Crippen molar-refractivity contribution in [3.05, 3.63) is 69.0 Å². The van der Waals surface area contributed by atoms with E-state index in [1.807, 2.05) is 26.0 Å². The summed E-state index contributed by atoms with van der Waals surface area (Å²) in [5.41, 5.74) is 10.9. The van der Waals surface area contributed by atoms with Crippen molar-refractivity contribution in [3.63, 3.8) is 0 Å². The quantitative estimate of drug-likeness (QED) is 0.862. The largest absolute Gasteiger partial charge is 0.320 e. The van der Waals surface area contributed by atoms with Gasteiger partial charge in [-0.15, -0.1) is 0 Å². The van der Waals surface area contributed by atoms with Crippen LogP contribution in [-0.2, 0) is 0 Å². The number of rotatable bonds is 2. The van der Waals surface area contributed by atoms with Crippen molar-refractivity contribution in [2.45, 2.75) is 26.8 Å². The van der Waals surface area contributed by atoms with Crippen LogP contribution >= 0.6 is 11.6 Å². The van der Waals surface area contributed by atoms with Crippen molar-refractivity contribution in [3.8, 4) is 0 Å². The normalized spacial score (nSPS) is 12.5. The van der Waals surface area contributed by atoms with Gasteiger partial charge in [0.2, 0.25) is 0 Å². The Morgan fingerprint density at radius 2 is 1.63 bits per heavy atom. The third kappa shape index (κ3) is 2.80. The fourth-order valence-corrected chi connectivity index (χ4v) is 2.42. The van der Waals surface area contributed by atoms with Gasteiger partial charge in [0.05, 0.1) is 6.04 Å². The lowest BCUT2D eigenvalue weighted by atomic mass is 9.95. The highest BCUT2D eigenvalue weighted by molar-refractivity contribution is 6.31. The van der Waals surface area contributed by atoms with Crippen LogP contribution in [0.4, 0.5) is 4.39 Å². The number of benzene rings is 2. The third-order valence-electron chi connectivity index (χ3n) is 3.49. The van der Waals surface area contributed by atoms with E-state index in [1.165, 1.54) is 6.07 Å². The SMILES string of the molecule is Cc1cc(Cl)c(C(N)c2ccc(F)c(C)c2)cc1C. The van der Waals surface area contributed by atoms with Crippen LogP contribution in [0.15, 0.2) is 30.3 Å². The van der Waals surface area contributed by atoms with Gasteiger partial charge in [0, 0.05) is 5.02 Å². The number of nitrogens with two attached hydrogens (primary N) is 1. The van der Waals surface area contributed by atoms with Gasteiger partial charge < -0.3 is 5.73 Å². The van der Waals surface area contributed by atoms with E-state index in [0.29, 0.717) is 10.6 Å². The fourth-order valence-electron chi connectivity index (χ4n) is 2.08. The first-order valence-electron chi connectivity index (χ1n) is 6.18. The third-order valence-corrected chi connectivity index (χ3v) is 3.82. The molecule has 2 N–H and O–H groups in total. The molecule has 0 saturated carbocycles. The van der Waals surface area contributed by atoms with Crippen molar-refractivity contribution in [1.29, 1.82) is 0 Å². The number of halogens is 2. The molecule has 0 aliphatic heterocycles. The summed E-state index contributed by atoms with van der Waals surface area (Å²) in [6.07, 6.45) is 0. The first-order chi connectivity index (χ1) is 8.90. The first-order valence-corrected chi connectivity index (χ1v) is 6.56. The lowest BCUT2D eigenvalue weighted by Gasteiger charge is -2.17. The lowest BCUT2D eigenvalue weighted by Crippen LogP contribution is -2.13. The molecule has 0 radical (unpaired) electrons. The van der Waals surface area contributed by atoms with Gasteiger partial charge in [-0.1, -0.05) is 29.8 Å². The molecule has 2 rings (SSSR count). The Kier molecular flexibility index (Phi) is 3.93. The first kappa shape index (κ1) is 14.0. The van der Waals surface area contributed by atoms with Gasteiger partial charge in [0.15, 0.2) is 0 Å². The summed E-state index contributed by atoms with van der Waals surface area (Å²) in [6.45, 7) is 5.77. The minimum Gasteiger partial charge on any atom is -0.320 e. The molecule has 1 unspecified atom stereocenters. The molecule has 2 aromatic carbocycles. The average molecular weight is 278 g/mol. The maximum absolute atomic E-state index is 13.3. The maximum atomic E-state index is 13.3. The number of aryl methyl sites for hydroxylation is 3. The molecule has 2 aromatic rings. The second-order valence-corrected chi connectivity index (χ2v) is 5.35. The van der Waals surface area contributed by atoms with Crippen LogP contribution in [0.1, 0.15) is 33.9 Å². The standard InChI is InChI=1S/C16H17ClFN/c1-9-7-13(14(17)8-10(9)2)16(19)12-4-5-15(18)11(3)6-12/h4-8,16H,19H2,1-3H3.